The third-order valence-corrected chi connectivity index (χ3v) is 5.52. The van der Waals surface area contributed by atoms with E-state index in [0.717, 1.165) is 6.07 Å². The van der Waals surface area contributed by atoms with E-state index in [1.54, 1.807) is 19.3 Å². The highest BCUT2D eigenvalue weighted by Gasteiger charge is 2.25. The summed E-state index contributed by atoms with van der Waals surface area (Å²) in [6, 6.07) is 3.88. The zero-order chi connectivity index (χ0) is 24.2. The SMILES string of the molecule is COc1nc(N2CCC(=O)N(CC(=O)Nc3ccc(F)c(Cl)c3)CC2)ncc1-c1cnc(C)o1. The molecule has 1 aliphatic rings. The Balaban J connectivity index is 1.42. The number of aryl methyl sites for hydroxylation is 1. The molecular weight excluding hydrogens is 467 g/mol. The summed E-state index contributed by atoms with van der Waals surface area (Å²) in [4.78, 5) is 41.3. The number of hydrogen-bond acceptors (Lipinski definition) is 8. The average Bonchev–Trinajstić information content (AvgIpc) is 3.17. The lowest BCUT2D eigenvalue weighted by Crippen LogP contribution is -2.39. The van der Waals surface area contributed by atoms with Crippen molar-refractivity contribution >= 4 is 35.1 Å². The topological polar surface area (TPSA) is 114 Å². The maximum Gasteiger partial charge on any atom is 0.243 e. The standard InChI is InChI=1S/C22H22ClFN6O4/c1-13-25-11-18(34-13)15-10-26-22(28-21(15)33-2)29-6-5-20(32)30(8-7-29)12-19(31)27-14-3-4-17(24)16(23)9-14/h3-4,9-11H,5-8,12H2,1-2H3,(H,27,31). The molecule has 3 heterocycles. The van der Waals surface area contributed by atoms with E-state index < -0.39 is 11.7 Å². The molecule has 0 radical (unpaired) electrons. The van der Waals surface area contributed by atoms with Gasteiger partial charge in [-0.1, -0.05) is 11.6 Å². The van der Waals surface area contributed by atoms with Crippen LogP contribution in [0.15, 0.2) is 35.0 Å². The van der Waals surface area contributed by atoms with Gasteiger partial charge >= 0.3 is 0 Å². The summed E-state index contributed by atoms with van der Waals surface area (Å²) >= 11 is 5.75. The minimum absolute atomic E-state index is 0.0980. The van der Waals surface area contributed by atoms with Crippen molar-refractivity contribution in [1.29, 1.82) is 0 Å². The first-order valence-corrected chi connectivity index (χ1v) is 10.8. The number of hydrogen-bond donors (Lipinski definition) is 1. The van der Waals surface area contributed by atoms with Crippen LogP contribution >= 0.6 is 11.6 Å². The van der Waals surface area contributed by atoms with Crippen LogP contribution in [0.2, 0.25) is 5.02 Å². The normalized spacial score (nSPS) is 14.2. The van der Waals surface area contributed by atoms with Crippen molar-refractivity contribution < 1.29 is 23.1 Å². The number of ether oxygens (including phenoxy) is 1. The molecule has 0 spiro atoms. The number of carbonyl (C=O) groups is 2. The van der Waals surface area contributed by atoms with E-state index in [9.17, 15) is 14.0 Å². The molecule has 178 valence electrons. The van der Waals surface area contributed by atoms with Crippen molar-refractivity contribution in [2.24, 2.45) is 0 Å². The lowest BCUT2D eigenvalue weighted by Gasteiger charge is -2.22. The molecule has 4 rings (SSSR count). The lowest BCUT2D eigenvalue weighted by molar-refractivity contribution is -0.133. The first-order chi connectivity index (χ1) is 16.3. The summed E-state index contributed by atoms with van der Waals surface area (Å²) in [6.45, 7) is 2.70. The largest absolute Gasteiger partial charge is 0.480 e. The molecular formula is C22H22ClFN6O4. The van der Waals surface area contributed by atoms with Crippen LogP contribution in [0.25, 0.3) is 11.3 Å². The quantitative estimate of drug-likeness (QED) is 0.563. The molecule has 0 saturated carbocycles. The molecule has 2 aromatic heterocycles. The van der Waals surface area contributed by atoms with E-state index in [-0.39, 0.29) is 23.9 Å². The van der Waals surface area contributed by atoms with Gasteiger partial charge in [0.2, 0.25) is 23.6 Å². The molecule has 0 unspecified atom stereocenters. The molecule has 1 saturated heterocycles. The van der Waals surface area contributed by atoms with Crippen molar-refractivity contribution in [3.8, 4) is 17.2 Å². The van der Waals surface area contributed by atoms with Gasteiger partial charge in [0.05, 0.1) is 30.4 Å². The van der Waals surface area contributed by atoms with Crippen LogP contribution in [0.4, 0.5) is 16.0 Å². The molecule has 10 nitrogen and oxygen atoms in total. The van der Waals surface area contributed by atoms with Crippen LogP contribution in [0.3, 0.4) is 0 Å². The zero-order valence-corrected chi connectivity index (χ0v) is 19.3. The monoisotopic (exact) mass is 488 g/mol. The maximum atomic E-state index is 13.3. The van der Waals surface area contributed by atoms with Gasteiger partial charge in [-0.05, 0) is 18.2 Å². The van der Waals surface area contributed by atoms with E-state index in [4.69, 9.17) is 20.8 Å². The van der Waals surface area contributed by atoms with Crippen molar-refractivity contribution in [1.82, 2.24) is 19.9 Å². The summed E-state index contributed by atoms with van der Waals surface area (Å²) in [6.07, 6.45) is 3.35. The van der Waals surface area contributed by atoms with Crippen LogP contribution < -0.4 is 15.0 Å². The van der Waals surface area contributed by atoms with Gasteiger partial charge in [-0.3, -0.25) is 9.59 Å². The number of oxazole rings is 1. The number of nitrogens with one attached hydrogen (secondary N) is 1. The fourth-order valence-corrected chi connectivity index (χ4v) is 3.68. The lowest BCUT2D eigenvalue weighted by atomic mass is 10.2. The highest BCUT2D eigenvalue weighted by Crippen LogP contribution is 2.29. The number of carbonyl (C=O) groups excluding carboxylic acids is 2. The van der Waals surface area contributed by atoms with E-state index in [1.165, 1.54) is 24.1 Å². The summed E-state index contributed by atoms with van der Waals surface area (Å²) in [5, 5.41) is 2.53. The third kappa shape index (κ3) is 5.25. The van der Waals surface area contributed by atoms with Gasteiger partial charge in [0.15, 0.2) is 11.7 Å². The number of nitrogens with zero attached hydrogens (tertiary/aromatic N) is 5. The smallest absolute Gasteiger partial charge is 0.243 e. The number of amides is 2. The number of methoxy groups -OCH3 is 1. The van der Waals surface area contributed by atoms with Gasteiger partial charge in [-0.25, -0.2) is 14.4 Å². The Bertz CT molecular complexity index is 1220. The first kappa shape index (κ1) is 23.4. The van der Waals surface area contributed by atoms with E-state index in [2.05, 4.69) is 20.3 Å². The molecule has 34 heavy (non-hydrogen) atoms. The summed E-state index contributed by atoms with van der Waals surface area (Å²) in [7, 11) is 1.50. The fourth-order valence-electron chi connectivity index (χ4n) is 3.50. The molecule has 0 atom stereocenters. The molecule has 1 aliphatic heterocycles. The molecule has 0 bridgehead atoms. The molecule has 12 heteroatoms. The predicted molar refractivity (Wildman–Crippen MR) is 122 cm³/mol. The zero-order valence-electron chi connectivity index (χ0n) is 18.5. The number of benzene rings is 1. The Labute approximate surface area is 199 Å². The van der Waals surface area contributed by atoms with Gasteiger partial charge < -0.3 is 24.3 Å². The minimum atomic E-state index is -0.578. The van der Waals surface area contributed by atoms with Crippen molar-refractivity contribution in [2.45, 2.75) is 13.3 Å². The Morgan fingerprint density at radius 3 is 2.79 bits per heavy atom. The second-order valence-corrected chi connectivity index (χ2v) is 7.97. The van der Waals surface area contributed by atoms with E-state index in [1.807, 2.05) is 4.90 Å². The van der Waals surface area contributed by atoms with Gasteiger partial charge in [-0.15, -0.1) is 0 Å². The van der Waals surface area contributed by atoms with Crippen LogP contribution in [-0.2, 0) is 9.59 Å². The maximum absolute atomic E-state index is 13.3. The van der Waals surface area contributed by atoms with Crippen LogP contribution in [-0.4, -0.2) is 65.0 Å². The second kappa shape index (κ2) is 10.0. The Morgan fingerprint density at radius 1 is 1.26 bits per heavy atom. The van der Waals surface area contributed by atoms with Gasteiger partial charge in [0.1, 0.15) is 5.82 Å². The summed E-state index contributed by atoms with van der Waals surface area (Å²) in [5.74, 6) is 0.572. The summed E-state index contributed by atoms with van der Waals surface area (Å²) < 4.78 is 24.3. The molecule has 3 aromatic rings. The van der Waals surface area contributed by atoms with Crippen molar-refractivity contribution in [3.63, 3.8) is 0 Å². The predicted octanol–water partition coefficient (Wildman–Crippen LogP) is 2.92. The van der Waals surface area contributed by atoms with E-state index >= 15 is 0 Å². The summed E-state index contributed by atoms with van der Waals surface area (Å²) in [5.41, 5.74) is 0.916. The fraction of sp³-hybridized carbons (Fsp3) is 0.318. The number of rotatable bonds is 6. The Morgan fingerprint density at radius 2 is 2.09 bits per heavy atom. The number of halogens is 2. The van der Waals surface area contributed by atoms with Crippen LogP contribution in [0.5, 0.6) is 5.88 Å². The van der Waals surface area contributed by atoms with Gasteiger partial charge in [0.25, 0.3) is 0 Å². The molecule has 2 amide bonds. The highest BCUT2D eigenvalue weighted by atomic mass is 35.5. The Hall–Kier alpha value is -3.73. The Kier molecular flexibility index (Phi) is 6.92. The number of aromatic nitrogens is 3. The van der Waals surface area contributed by atoms with Crippen molar-refractivity contribution in [2.75, 3.05) is 43.5 Å². The first-order valence-electron chi connectivity index (χ1n) is 10.5. The molecule has 1 N–H and O–H groups in total. The molecule has 1 fully saturated rings. The van der Waals surface area contributed by atoms with Crippen LogP contribution in [0, 0.1) is 12.7 Å². The van der Waals surface area contributed by atoms with Gasteiger partial charge in [-0.2, -0.15) is 4.98 Å². The number of anilines is 2. The van der Waals surface area contributed by atoms with Crippen molar-refractivity contribution in [3.05, 3.63) is 47.3 Å². The molecule has 0 aliphatic carbocycles. The second-order valence-electron chi connectivity index (χ2n) is 7.57. The van der Waals surface area contributed by atoms with E-state index in [0.29, 0.717) is 54.4 Å². The molecule has 1 aromatic carbocycles. The highest BCUT2D eigenvalue weighted by molar-refractivity contribution is 6.31. The van der Waals surface area contributed by atoms with Crippen LogP contribution in [0.1, 0.15) is 12.3 Å². The minimum Gasteiger partial charge on any atom is -0.480 e. The third-order valence-electron chi connectivity index (χ3n) is 5.23. The average molecular weight is 489 g/mol. The van der Waals surface area contributed by atoms with Gasteiger partial charge in [0, 0.05) is 44.9 Å².